The quantitative estimate of drug-likeness (QED) is 0.754. The number of carbonyl (C=O) groups is 1. The van der Waals surface area contributed by atoms with Gasteiger partial charge in [0.1, 0.15) is 0 Å². The molecule has 14 heavy (non-hydrogen) atoms. The molecule has 1 unspecified atom stereocenters. The number of piperidine rings is 1. The summed E-state index contributed by atoms with van der Waals surface area (Å²) in [7, 11) is 0. The summed E-state index contributed by atoms with van der Waals surface area (Å²) in [4.78, 5) is 15.6. The predicted molar refractivity (Wildman–Crippen MR) is 55.5 cm³/mol. The van der Waals surface area contributed by atoms with Gasteiger partial charge in [0.15, 0.2) is 5.01 Å². The number of hydrogen-bond donors (Lipinski definition) is 2. The fraction of sp³-hybridized carbons (Fsp3) is 0.556. The minimum Gasteiger partial charge on any atom is -0.346 e. The third-order valence-electron chi connectivity index (χ3n) is 2.26. The number of thiazole rings is 1. The molecule has 1 aliphatic rings. The topological polar surface area (TPSA) is 54.0 Å². The Kier molecular flexibility index (Phi) is 3.10. The molecule has 2 heterocycles. The van der Waals surface area contributed by atoms with Crippen LogP contribution in [0.25, 0.3) is 0 Å². The summed E-state index contributed by atoms with van der Waals surface area (Å²) in [5.74, 6) is -0.0475. The summed E-state index contributed by atoms with van der Waals surface area (Å²) in [6, 6.07) is 0.264. The molecule has 2 N–H and O–H groups in total. The molecule has 1 aromatic rings. The summed E-state index contributed by atoms with van der Waals surface area (Å²) in [5.41, 5.74) is 0. The van der Waals surface area contributed by atoms with Crippen molar-refractivity contribution in [2.24, 2.45) is 0 Å². The van der Waals surface area contributed by atoms with Crippen LogP contribution in [0.2, 0.25) is 0 Å². The van der Waals surface area contributed by atoms with E-state index in [0.717, 1.165) is 25.9 Å². The third kappa shape index (κ3) is 2.30. The molecule has 1 aromatic heterocycles. The first-order valence-corrected chi connectivity index (χ1v) is 5.65. The van der Waals surface area contributed by atoms with Gasteiger partial charge in [0.05, 0.1) is 0 Å². The minimum atomic E-state index is -0.0475. The first-order chi connectivity index (χ1) is 6.86. The van der Waals surface area contributed by atoms with Crippen molar-refractivity contribution in [1.29, 1.82) is 0 Å². The predicted octanol–water partition coefficient (Wildman–Crippen LogP) is 0.625. The fourth-order valence-corrected chi connectivity index (χ4v) is 2.10. The molecule has 1 saturated heterocycles. The second-order valence-corrected chi connectivity index (χ2v) is 4.25. The van der Waals surface area contributed by atoms with Gasteiger partial charge in [0, 0.05) is 24.2 Å². The Labute approximate surface area is 86.7 Å². The molecule has 0 aromatic carbocycles. The fourth-order valence-electron chi connectivity index (χ4n) is 1.56. The van der Waals surface area contributed by atoms with Gasteiger partial charge in [-0.3, -0.25) is 4.79 Å². The summed E-state index contributed by atoms with van der Waals surface area (Å²) in [6.07, 6.45) is 3.84. The van der Waals surface area contributed by atoms with Crippen LogP contribution in [-0.2, 0) is 0 Å². The lowest BCUT2D eigenvalue weighted by atomic mass is 10.1. The van der Waals surface area contributed by atoms with E-state index < -0.39 is 0 Å². The highest BCUT2D eigenvalue weighted by Crippen LogP contribution is 2.06. The normalized spacial score (nSPS) is 21.9. The molecule has 1 fully saturated rings. The maximum Gasteiger partial charge on any atom is 0.280 e. The van der Waals surface area contributed by atoms with E-state index in [1.54, 1.807) is 6.20 Å². The van der Waals surface area contributed by atoms with Crippen molar-refractivity contribution in [3.63, 3.8) is 0 Å². The number of hydrogen-bond acceptors (Lipinski definition) is 4. The van der Waals surface area contributed by atoms with Crippen LogP contribution in [0.5, 0.6) is 0 Å². The zero-order chi connectivity index (χ0) is 9.80. The van der Waals surface area contributed by atoms with E-state index in [1.807, 2.05) is 5.38 Å². The van der Waals surface area contributed by atoms with E-state index in [4.69, 9.17) is 0 Å². The van der Waals surface area contributed by atoms with E-state index in [9.17, 15) is 4.79 Å². The molecule has 76 valence electrons. The van der Waals surface area contributed by atoms with Crippen LogP contribution >= 0.6 is 11.3 Å². The second-order valence-electron chi connectivity index (χ2n) is 3.35. The molecule has 0 aliphatic carbocycles. The molecule has 0 bridgehead atoms. The highest BCUT2D eigenvalue weighted by molar-refractivity contribution is 7.11. The number of nitrogens with one attached hydrogen (secondary N) is 2. The summed E-state index contributed by atoms with van der Waals surface area (Å²) >= 11 is 1.38. The molecular weight excluding hydrogens is 198 g/mol. The van der Waals surface area contributed by atoms with E-state index in [0.29, 0.717) is 5.01 Å². The number of rotatable bonds is 2. The van der Waals surface area contributed by atoms with Crippen molar-refractivity contribution in [2.75, 3.05) is 13.1 Å². The maximum absolute atomic E-state index is 11.6. The van der Waals surface area contributed by atoms with Crippen molar-refractivity contribution in [3.05, 3.63) is 16.6 Å². The molecule has 4 nitrogen and oxygen atoms in total. The summed E-state index contributed by atoms with van der Waals surface area (Å²) < 4.78 is 0. The Balaban J connectivity index is 1.87. The largest absolute Gasteiger partial charge is 0.346 e. The van der Waals surface area contributed by atoms with Crippen LogP contribution in [-0.4, -0.2) is 30.0 Å². The van der Waals surface area contributed by atoms with Gasteiger partial charge in [-0.25, -0.2) is 4.98 Å². The average molecular weight is 211 g/mol. The lowest BCUT2D eigenvalue weighted by molar-refractivity contribution is 0.0930. The van der Waals surface area contributed by atoms with Crippen LogP contribution in [0, 0.1) is 0 Å². The maximum atomic E-state index is 11.6. The van der Waals surface area contributed by atoms with Crippen LogP contribution < -0.4 is 10.6 Å². The van der Waals surface area contributed by atoms with Gasteiger partial charge in [-0.2, -0.15) is 0 Å². The standard InChI is InChI=1S/C9H13N3OS/c13-8(9-11-4-5-14-9)12-7-2-1-3-10-6-7/h4-5,7,10H,1-3,6H2,(H,12,13). The van der Waals surface area contributed by atoms with E-state index in [2.05, 4.69) is 15.6 Å². The van der Waals surface area contributed by atoms with Crippen LogP contribution in [0.15, 0.2) is 11.6 Å². The van der Waals surface area contributed by atoms with E-state index >= 15 is 0 Å². The van der Waals surface area contributed by atoms with Crippen molar-refractivity contribution >= 4 is 17.2 Å². The summed E-state index contributed by atoms with van der Waals surface area (Å²) in [6.45, 7) is 1.93. The number of aromatic nitrogens is 1. The van der Waals surface area contributed by atoms with Crippen molar-refractivity contribution in [2.45, 2.75) is 18.9 Å². The highest BCUT2D eigenvalue weighted by Gasteiger charge is 2.17. The van der Waals surface area contributed by atoms with Gasteiger partial charge in [-0.05, 0) is 19.4 Å². The number of amides is 1. The molecule has 0 spiro atoms. The molecule has 2 rings (SSSR count). The van der Waals surface area contributed by atoms with Crippen molar-refractivity contribution < 1.29 is 4.79 Å². The SMILES string of the molecule is O=C(NC1CCCNC1)c1nccs1. The van der Waals surface area contributed by atoms with Crippen LogP contribution in [0.3, 0.4) is 0 Å². The van der Waals surface area contributed by atoms with Crippen molar-refractivity contribution in [1.82, 2.24) is 15.6 Å². The number of nitrogens with zero attached hydrogens (tertiary/aromatic N) is 1. The summed E-state index contributed by atoms with van der Waals surface area (Å²) in [5, 5.41) is 8.59. The number of carbonyl (C=O) groups excluding carboxylic acids is 1. The molecule has 0 radical (unpaired) electrons. The van der Waals surface area contributed by atoms with E-state index in [-0.39, 0.29) is 11.9 Å². The molecule has 1 aliphatic heterocycles. The Bertz CT molecular complexity index is 293. The van der Waals surface area contributed by atoms with Crippen LogP contribution in [0.4, 0.5) is 0 Å². The lowest BCUT2D eigenvalue weighted by Gasteiger charge is -2.23. The van der Waals surface area contributed by atoms with E-state index in [1.165, 1.54) is 11.3 Å². The van der Waals surface area contributed by atoms with Gasteiger partial charge < -0.3 is 10.6 Å². The average Bonchev–Trinajstić information content (AvgIpc) is 2.72. The van der Waals surface area contributed by atoms with Gasteiger partial charge in [-0.15, -0.1) is 11.3 Å². The van der Waals surface area contributed by atoms with Gasteiger partial charge in [-0.1, -0.05) is 0 Å². The lowest BCUT2D eigenvalue weighted by Crippen LogP contribution is -2.45. The third-order valence-corrected chi connectivity index (χ3v) is 3.03. The van der Waals surface area contributed by atoms with Gasteiger partial charge in [0.2, 0.25) is 0 Å². The monoisotopic (exact) mass is 211 g/mol. The molecule has 1 atom stereocenters. The Morgan fingerprint density at radius 2 is 2.64 bits per heavy atom. The molecule has 1 amide bonds. The first kappa shape index (κ1) is 9.61. The second kappa shape index (κ2) is 4.52. The highest BCUT2D eigenvalue weighted by atomic mass is 32.1. The Hall–Kier alpha value is -0.940. The molecule has 5 heteroatoms. The minimum absolute atomic E-state index is 0.0475. The van der Waals surface area contributed by atoms with Gasteiger partial charge in [0.25, 0.3) is 5.91 Å². The smallest absolute Gasteiger partial charge is 0.280 e. The van der Waals surface area contributed by atoms with Crippen LogP contribution in [0.1, 0.15) is 22.6 Å². The Morgan fingerprint density at radius 1 is 1.71 bits per heavy atom. The first-order valence-electron chi connectivity index (χ1n) is 4.77. The van der Waals surface area contributed by atoms with Crippen molar-refractivity contribution in [3.8, 4) is 0 Å². The zero-order valence-corrected chi connectivity index (χ0v) is 8.64. The zero-order valence-electron chi connectivity index (χ0n) is 7.82. The Morgan fingerprint density at radius 3 is 3.29 bits per heavy atom. The molecular formula is C9H13N3OS. The van der Waals surface area contributed by atoms with Gasteiger partial charge >= 0.3 is 0 Å². The molecule has 0 saturated carbocycles.